The number of hydrogen-bond acceptors (Lipinski definition) is 2. The van der Waals surface area contributed by atoms with Crippen LogP contribution in [-0.4, -0.2) is 13.2 Å². The van der Waals surface area contributed by atoms with Crippen molar-refractivity contribution >= 4 is 8.05 Å². The molecule has 0 atom stereocenters. The summed E-state index contributed by atoms with van der Waals surface area (Å²) in [7, 11) is 5.15. The second-order valence-electron chi connectivity index (χ2n) is 5.83. The average molecular weight is 278 g/mol. The predicted octanol–water partition coefficient (Wildman–Crippen LogP) is 4.30. The topological polar surface area (TPSA) is 29.5 Å². The predicted molar refractivity (Wildman–Crippen MR) is 84.9 cm³/mol. The van der Waals surface area contributed by atoms with Crippen LogP contribution in [0.25, 0.3) is 0 Å². The van der Waals surface area contributed by atoms with Gasteiger partial charge in [0.05, 0.1) is 5.75 Å². The van der Waals surface area contributed by atoms with Crippen molar-refractivity contribution in [1.82, 2.24) is 0 Å². The molecule has 1 saturated carbocycles. The highest BCUT2D eigenvalue weighted by molar-refractivity contribution is 5.99. The molecule has 2 radical (unpaired) electrons. The third-order valence-corrected chi connectivity index (χ3v) is 4.58. The molecule has 0 spiro atoms. The molecule has 0 saturated heterocycles. The summed E-state index contributed by atoms with van der Waals surface area (Å²) in [6.45, 7) is 0. The van der Waals surface area contributed by atoms with Gasteiger partial charge in [0.2, 0.25) is 0 Å². The number of phenolic OH excluding ortho intramolecular Hbond substituents is 1. The third kappa shape index (κ3) is 3.23. The van der Waals surface area contributed by atoms with Crippen LogP contribution in [0.3, 0.4) is 0 Å². The third-order valence-electron chi connectivity index (χ3n) is 4.58. The molecule has 21 heavy (non-hydrogen) atoms. The standard InChI is InChI=1S/C18H19BO2/c19-21-18-11-7-16(8-12-18)14-3-1-13(2-4-14)15-5-9-17(20)10-6-15/h5-14,20H,1-4H2. The van der Waals surface area contributed by atoms with Gasteiger partial charge in [-0.15, -0.1) is 0 Å². The van der Waals surface area contributed by atoms with E-state index in [-0.39, 0.29) is 0 Å². The molecule has 2 aromatic carbocycles. The molecule has 3 rings (SSSR count). The Hall–Kier alpha value is -1.90. The summed E-state index contributed by atoms with van der Waals surface area (Å²) in [6, 6.07) is 15.8. The molecule has 1 N–H and O–H groups in total. The van der Waals surface area contributed by atoms with Crippen molar-refractivity contribution in [3.63, 3.8) is 0 Å². The number of hydrogen-bond donors (Lipinski definition) is 1. The van der Waals surface area contributed by atoms with Crippen molar-refractivity contribution < 1.29 is 9.76 Å². The lowest BCUT2D eigenvalue weighted by molar-refractivity contribution is 0.395. The van der Waals surface area contributed by atoms with E-state index in [2.05, 4.69) is 12.1 Å². The highest BCUT2D eigenvalue weighted by atomic mass is 16.4. The molecule has 1 aliphatic carbocycles. The largest absolute Gasteiger partial charge is 0.568 e. The lowest BCUT2D eigenvalue weighted by atomic mass is 9.76. The molecule has 0 aromatic heterocycles. The highest BCUT2D eigenvalue weighted by Crippen LogP contribution is 2.40. The fourth-order valence-electron chi connectivity index (χ4n) is 3.33. The quantitative estimate of drug-likeness (QED) is 0.848. The van der Waals surface area contributed by atoms with E-state index in [9.17, 15) is 5.11 Å². The van der Waals surface area contributed by atoms with Crippen LogP contribution in [0.2, 0.25) is 0 Å². The van der Waals surface area contributed by atoms with Crippen LogP contribution < -0.4 is 4.65 Å². The maximum atomic E-state index is 9.37. The zero-order valence-electron chi connectivity index (χ0n) is 12.0. The summed E-state index contributed by atoms with van der Waals surface area (Å²) in [5, 5.41) is 9.37. The van der Waals surface area contributed by atoms with Gasteiger partial charge >= 0.3 is 8.05 Å². The van der Waals surface area contributed by atoms with Gasteiger partial charge in [-0.25, -0.2) is 0 Å². The minimum absolute atomic E-state index is 0.342. The van der Waals surface area contributed by atoms with Crippen molar-refractivity contribution in [3.05, 3.63) is 59.7 Å². The van der Waals surface area contributed by atoms with Gasteiger partial charge in [0.1, 0.15) is 5.75 Å². The van der Waals surface area contributed by atoms with Gasteiger partial charge in [-0.05, 0) is 72.9 Å². The molecule has 0 bridgehead atoms. The number of phenols is 1. The van der Waals surface area contributed by atoms with Crippen molar-refractivity contribution in [3.8, 4) is 11.5 Å². The number of aromatic hydroxyl groups is 1. The van der Waals surface area contributed by atoms with Crippen molar-refractivity contribution in [2.24, 2.45) is 0 Å². The van der Waals surface area contributed by atoms with Crippen LogP contribution in [0.15, 0.2) is 48.5 Å². The molecule has 0 aliphatic heterocycles. The normalized spacial score (nSPS) is 21.9. The first kappa shape index (κ1) is 14.1. The second-order valence-corrected chi connectivity index (χ2v) is 5.83. The molecule has 2 nitrogen and oxygen atoms in total. The van der Waals surface area contributed by atoms with Crippen LogP contribution in [0.4, 0.5) is 0 Å². The number of benzene rings is 2. The summed E-state index contributed by atoms with van der Waals surface area (Å²) in [4.78, 5) is 0. The van der Waals surface area contributed by atoms with Crippen LogP contribution in [-0.2, 0) is 0 Å². The maximum absolute atomic E-state index is 9.37. The van der Waals surface area contributed by atoms with E-state index in [4.69, 9.17) is 12.7 Å². The molecule has 1 fully saturated rings. The Bertz CT molecular complexity index is 569. The fraction of sp³-hybridized carbons (Fsp3) is 0.333. The van der Waals surface area contributed by atoms with Crippen molar-refractivity contribution in [2.45, 2.75) is 37.5 Å². The van der Waals surface area contributed by atoms with Crippen LogP contribution in [0, 0.1) is 0 Å². The van der Waals surface area contributed by atoms with E-state index in [1.165, 1.54) is 36.8 Å². The van der Waals surface area contributed by atoms with Gasteiger partial charge in [-0.2, -0.15) is 0 Å². The van der Waals surface area contributed by atoms with Gasteiger partial charge in [-0.1, -0.05) is 24.3 Å². The van der Waals surface area contributed by atoms with Crippen molar-refractivity contribution in [1.29, 1.82) is 0 Å². The summed E-state index contributed by atoms with van der Waals surface area (Å²) >= 11 is 0. The Morgan fingerprint density at radius 3 is 1.62 bits per heavy atom. The zero-order valence-corrected chi connectivity index (χ0v) is 12.0. The summed E-state index contributed by atoms with van der Waals surface area (Å²) in [5.41, 5.74) is 2.72. The molecular weight excluding hydrogens is 259 g/mol. The molecule has 1 aliphatic rings. The first-order chi connectivity index (χ1) is 10.3. The van der Waals surface area contributed by atoms with E-state index in [1.54, 1.807) is 12.1 Å². The first-order valence-corrected chi connectivity index (χ1v) is 7.52. The second kappa shape index (κ2) is 6.25. The Morgan fingerprint density at radius 2 is 1.19 bits per heavy atom. The molecule has 0 heterocycles. The van der Waals surface area contributed by atoms with Crippen LogP contribution in [0.1, 0.15) is 48.6 Å². The van der Waals surface area contributed by atoms with Crippen molar-refractivity contribution in [2.75, 3.05) is 0 Å². The number of rotatable bonds is 3. The van der Waals surface area contributed by atoms with E-state index >= 15 is 0 Å². The molecule has 0 amide bonds. The highest BCUT2D eigenvalue weighted by Gasteiger charge is 2.23. The molecule has 0 unspecified atom stereocenters. The van der Waals surface area contributed by atoms with E-state index in [1.807, 2.05) is 24.3 Å². The minimum Gasteiger partial charge on any atom is -0.568 e. The van der Waals surface area contributed by atoms with Gasteiger partial charge in [0.15, 0.2) is 0 Å². The van der Waals surface area contributed by atoms with Gasteiger partial charge < -0.3 is 9.76 Å². The zero-order chi connectivity index (χ0) is 14.7. The van der Waals surface area contributed by atoms with Gasteiger partial charge in [0.25, 0.3) is 0 Å². The maximum Gasteiger partial charge on any atom is 0.374 e. The Labute approximate surface area is 127 Å². The summed E-state index contributed by atoms with van der Waals surface area (Å²) in [5.74, 6) is 2.30. The van der Waals surface area contributed by atoms with Crippen LogP contribution in [0.5, 0.6) is 11.5 Å². The minimum atomic E-state index is 0.342. The summed E-state index contributed by atoms with van der Waals surface area (Å²) in [6.07, 6.45) is 4.80. The van der Waals surface area contributed by atoms with Gasteiger partial charge in [0, 0.05) is 0 Å². The van der Waals surface area contributed by atoms with Crippen LogP contribution >= 0.6 is 0 Å². The molecule has 106 valence electrons. The lowest BCUT2D eigenvalue weighted by Gasteiger charge is -2.29. The Kier molecular flexibility index (Phi) is 4.19. The summed E-state index contributed by atoms with van der Waals surface area (Å²) < 4.78 is 4.72. The average Bonchev–Trinajstić information content (AvgIpc) is 2.56. The van der Waals surface area contributed by atoms with E-state index in [0.29, 0.717) is 23.3 Å². The van der Waals surface area contributed by atoms with E-state index < -0.39 is 0 Å². The molecule has 2 aromatic rings. The monoisotopic (exact) mass is 278 g/mol. The Balaban J connectivity index is 1.62. The van der Waals surface area contributed by atoms with Gasteiger partial charge in [-0.3, -0.25) is 0 Å². The smallest absolute Gasteiger partial charge is 0.374 e. The first-order valence-electron chi connectivity index (χ1n) is 7.52. The fourth-order valence-corrected chi connectivity index (χ4v) is 3.33. The Morgan fingerprint density at radius 1 is 0.762 bits per heavy atom. The van der Waals surface area contributed by atoms with E-state index in [0.717, 1.165) is 0 Å². The molecule has 3 heteroatoms. The lowest BCUT2D eigenvalue weighted by Crippen LogP contribution is -2.12. The molecular formula is C18H19BO2. The SMILES string of the molecule is [B]Oc1ccc(C2CCC(c3ccc(O)cc3)CC2)cc1.